The predicted molar refractivity (Wildman–Crippen MR) is 110 cm³/mol. The van der Waals surface area contributed by atoms with Crippen molar-refractivity contribution in [1.29, 1.82) is 0 Å². The number of benzene rings is 3. The minimum absolute atomic E-state index is 0.0628. The van der Waals surface area contributed by atoms with Gasteiger partial charge in [-0.3, -0.25) is 4.79 Å². The van der Waals surface area contributed by atoms with Crippen molar-refractivity contribution in [1.82, 2.24) is 10.2 Å². The standard InChI is InChI=1S/C24H24F2N2O/c1-18(21-12-13-22(25)23(26)14-21)27-15-24(29)28(16-19-8-4-2-5-9-19)17-20-10-6-3-7-11-20/h2-14,18,27H,15-17H2,1H3/t18-/m1/s1. The van der Waals surface area contributed by atoms with Crippen LogP contribution < -0.4 is 5.32 Å². The molecule has 150 valence electrons. The van der Waals surface area contributed by atoms with Gasteiger partial charge in [0.25, 0.3) is 0 Å². The van der Waals surface area contributed by atoms with Gasteiger partial charge < -0.3 is 10.2 Å². The normalized spacial score (nSPS) is 11.8. The van der Waals surface area contributed by atoms with Gasteiger partial charge in [0, 0.05) is 19.1 Å². The molecule has 3 rings (SSSR count). The highest BCUT2D eigenvalue weighted by Crippen LogP contribution is 2.16. The minimum atomic E-state index is -0.891. The fourth-order valence-corrected chi connectivity index (χ4v) is 3.09. The maximum atomic E-state index is 13.5. The van der Waals surface area contributed by atoms with Gasteiger partial charge in [0.2, 0.25) is 5.91 Å². The zero-order chi connectivity index (χ0) is 20.6. The second-order valence-corrected chi connectivity index (χ2v) is 7.00. The van der Waals surface area contributed by atoms with Gasteiger partial charge in [0.05, 0.1) is 6.54 Å². The maximum Gasteiger partial charge on any atom is 0.237 e. The third-order valence-electron chi connectivity index (χ3n) is 4.79. The average molecular weight is 394 g/mol. The van der Waals surface area contributed by atoms with Crippen LogP contribution in [0.3, 0.4) is 0 Å². The van der Waals surface area contributed by atoms with Crippen LogP contribution >= 0.6 is 0 Å². The molecule has 0 unspecified atom stereocenters. The zero-order valence-corrected chi connectivity index (χ0v) is 16.3. The van der Waals surface area contributed by atoms with Gasteiger partial charge in [-0.1, -0.05) is 66.7 Å². The molecule has 0 saturated heterocycles. The lowest BCUT2D eigenvalue weighted by Gasteiger charge is -2.24. The number of rotatable bonds is 8. The molecule has 1 N–H and O–H groups in total. The largest absolute Gasteiger partial charge is 0.333 e. The van der Waals surface area contributed by atoms with Crippen LogP contribution in [0.25, 0.3) is 0 Å². The lowest BCUT2D eigenvalue weighted by atomic mass is 10.1. The van der Waals surface area contributed by atoms with Crippen LogP contribution in [0.15, 0.2) is 78.9 Å². The van der Waals surface area contributed by atoms with E-state index in [1.807, 2.05) is 67.6 Å². The van der Waals surface area contributed by atoms with Gasteiger partial charge >= 0.3 is 0 Å². The summed E-state index contributed by atoms with van der Waals surface area (Å²) in [5.74, 6) is -1.83. The predicted octanol–water partition coefficient (Wildman–Crippen LogP) is 4.84. The summed E-state index contributed by atoms with van der Waals surface area (Å²) in [6, 6.07) is 23.1. The van der Waals surface area contributed by atoms with Crippen LogP contribution in [0.2, 0.25) is 0 Å². The number of hydrogen-bond donors (Lipinski definition) is 1. The third-order valence-corrected chi connectivity index (χ3v) is 4.79. The molecule has 0 saturated carbocycles. The molecule has 0 spiro atoms. The van der Waals surface area contributed by atoms with Crippen molar-refractivity contribution < 1.29 is 13.6 Å². The van der Waals surface area contributed by atoms with Crippen LogP contribution in [0, 0.1) is 11.6 Å². The molecule has 29 heavy (non-hydrogen) atoms. The Morgan fingerprint density at radius 3 is 1.93 bits per heavy atom. The van der Waals surface area contributed by atoms with E-state index in [0.29, 0.717) is 18.7 Å². The van der Waals surface area contributed by atoms with E-state index < -0.39 is 11.6 Å². The van der Waals surface area contributed by atoms with Gasteiger partial charge in [0.1, 0.15) is 0 Å². The molecule has 3 aromatic rings. The zero-order valence-electron chi connectivity index (χ0n) is 16.3. The molecule has 3 nitrogen and oxygen atoms in total. The molecule has 0 aromatic heterocycles. The van der Waals surface area contributed by atoms with Crippen LogP contribution in [0.1, 0.15) is 29.7 Å². The smallest absolute Gasteiger partial charge is 0.237 e. The lowest BCUT2D eigenvalue weighted by Crippen LogP contribution is -2.38. The summed E-state index contributed by atoms with van der Waals surface area (Å²) in [6.45, 7) is 2.91. The first-order chi connectivity index (χ1) is 14.0. The third kappa shape index (κ3) is 5.96. The summed E-state index contributed by atoms with van der Waals surface area (Å²) < 4.78 is 26.6. The van der Waals surface area contributed by atoms with Crippen molar-refractivity contribution in [2.45, 2.75) is 26.1 Å². The SMILES string of the molecule is C[C@@H](NCC(=O)N(Cc1ccccc1)Cc1ccccc1)c1ccc(F)c(F)c1. The van der Waals surface area contributed by atoms with Crippen molar-refractivity contribution in [3.05, 3.63) is 107 Å². The Morgan fingerprint density at radius 2 is 1.41 bits per heavy atom. The summed E-state index contributed by atoms with van der Waals surface area (Å²) in [6.07, 6.45) is 0. The maximum absolute atomic E-state index is 13.5. The summed E-state index contributed by atoms with van der Waals surface area (Å²) in [7, 11) is 0. The van der Waals surface area contributed by atoms with E-state index in [9.17, 15) is 13.6 Å². The molecule has 0 aliphatic carbocycles. The quantitative estimate of drug-likeness (QED) is 0.593. The number of carbonyl (C=O) groups excluding carboxylic acids is 1. The molecule has 0 fully saturated rings. The Labute approximate surface area is 170 Å². The Morgan fingerprint density at radius 1 is 0.862 bits per heavy atom. The fourth-order valence-electron chi connectivity index (χ4n) is 3.09. The molecule has 0 radical (unpaired) electrons. The molecule has 0 bridgehead atoms. The highest BCUT2D eigenvalue weighted by atomic mass is 19.2. The molecule has 5 heteroatoms. The minimum Gasteiger partial charge on any atom is -0.333 e. The molecule has 0 aliphatic heterocycles. The number of hydrogen-bond acceptors (Lipinski definition) is 2. The van der Waals surface area contributed by atoms with E-state index in [0.717, 1.165) is 23.3 Å². The second-order valence-electron chi connectivity index (χ2n) is 7.00. The molecule has 0 heterocycles. The molecular formula is C24H24F2N2O. The molecule has 1 amide bonds. The van der Waals surface area contributed by atoms with Crippen molar-refractivity contribution in [3.8, 4) is 0 Å². The Hall–Kier alpha value is -3.05. The fraction of sp³-hybridized carbons (Fsp3) is 0.208. The van der Waals surface area contributed by atoms with Crippen LogP contribution in [-0.2, 0) is 17.9 Å². The highest BCUT2D eigenvalue weighted by molar-refractivity contribution is 5.78. The lowest BCUT2D eigenvalue weighted by molar-refractivity contribution is -0.131. The number of halogens is 2. The summed E-state index contributed by atoms with van der Waals surface area (Å²) >= 11 is 0. The molecule has 3 aromatic carbocycles. The first kappa shape index (κ1) is 20.7. The van der Waals surface area contributed by atoms with E-state index in [4.69, 9.17) is 0 Å². The molecule has 0 aliphatic rings. The second kappa shape index (κ2) is 9.94. The first-order valence-electron chi connectivity index (χ1n) is 9.57. The van der Waals surface area contributed by atoms with Gasteiger partial charge in [-0.2, -0.15) is 0 Å². The van der Waals surface area contributed by atoms with E-state index in [2.05, 4.69) is 5.32 Å². The van der Waals surface area contributed by atoms with Crippen molar-refractivity contribution in [3.63, 3.8) is 0 Å². The summed E-state index contributed by atoms with van der Waals surface area (Å²) in [5.41, 5.74) is 2.69. The topological polar surface area (TPSA) is 32.3 Å². The highest BCUT2D eigenvalue weighted by Gasteiger charge is 2.16. The van der Waals surface area contributed by atoms with Gasteiger partial charge in [-0.25, -0.2) is 8.78 Å². The van der Waals surface area contributed by atoms with Crippen molar-refractivity contribution in [2.75, 3.05) is 6.54 Å². The molecule has 1 atom stereocenters. The van der Waals surface area contributed by atoms with Gasteiger partial charge in [0.15, 0.2) is 11.6 Å². The van der Waals surface area contributed by atoms with Crippen molar-refractivity contribution in [2.24, 2.45) is 0 Å². The van der Waals surface area contributed by atoms with E-state index in [1.165, 1.54) is 6.07 Å². The van der Waals surface area contributed by atoms with E-state index in [-0.39, 0.29) is 18.5 Å². The Balaban J connectivity index is 1.67. The Kier molecular flexibility index (Phi) is 7.09. The molecular weight excluding hydrogens is 370 g/mol. The number of nitrogens with zero attached hydrogens (tertiary/aromatic N) is 1. The van der Waals surface area contributed by atoms with Gasteiger partial charge in [-0.05, 0) is 35.7 Å². The average Bonchev–Trinajstić information content (AvgIpc) is 2.74. The van der Waals surface area contributed by atoms with Crippen LogP contribution in [-0.4, -0.2) is 17.4 Å². The first-order valence-corrected chi connectivity index (χ1v) is 9.57. The number of carbonyl (C=O) groups is 1. The number of amides is 1. The van der Waals surface area contributed by atoms with Gasteiger partial charge in [-0.15, -0.1) is 0 Å². The Bertz CT molecular complexity index is 891. The monoisotopic (exact) mass is 394 g/mol. The van der Waals surface area contributed by atoms with Crippen molar-refractivity contribution >= 4 is 5.91 Å². The van der Waals surface area contributed by atoms with E-state index in [1.54, 1.807) is 4.90 Å². The van der Waals surface area contributed by atoms with Crippen LogP contribution in [0.4, 0.5) is 8.78 Å². The summed E-state index contributed by atoms with van der Waals surface area (Å²) in [4.78, 5) is 14.7. The summed E-state index contributed by atoms with van der Waals surface area (Å²) in [5, 5.41) is 3.12. The van der Waals surface area contributed by atoms with E-state index >= 15 is 0 Å². The number of nitrogens with one attached hydrogen (secondary N) is 1. The van der Waals surface area contributed by atoms with Crippen LogP contribution in [0.5, 0.6) is 0 Å².